The molecule has 0 aliphatic carbocycles. The van der Waals surface area contributed by atoms with Crippen LogP contribution in [-0.4, -0.2) is 49.0 Å². The largest absolute Gasteiger partial charge is 1.00 e. The summed E-state index contributed by atoms with van der Waals surface area (Å²) < 4.78 is 27.0. The van der Waals surface area contributed by atoms with Crippen molar-refractivity contribution in [3.8, 4) is 0 Å². The van der Waals surface area contributed by atoms with E-state index in [2.05, 4.69) is 20.6 Å². The van der Waals surface area contributed by atoms with Crippen molar-refractivity contribution in [2.24, 2.45) is 0 Å². The number of carboxylic acids is 1. The maximum atomic E-state index is 13.5. The number of aromatic nitrogens is 4. The van der Waals surface area contributed by atoms with Crippen LogP contribution in [-0.2, 0) is 4.79 Å². The van der Waals surface area contributed by atoms with Gasteiger partial charge in [-0.1, -0.05) is 36.4 Å². The summed E-state index contributed by atoms with van der Waals surface area (Å²) in [6.45, 7) is 0. The molecule has 0 fully saturated rings. The molecule has 0 aliphatic heterocycles. The van der Waals surface area contributed by atoms with Gasteiger partial charge in [-0.15, -0.1) is 10.2 Å². The van der Waals surface area contributed by atoms with Crippen LogP contribution in [0.3, 0.4) is 0 Å². The summed E-state index contributed by atoms with van der Waals surface area (Å²) >= 11 is 0. The Kier molecular flexibility index (Phi) is 10.0. The van der Waals surface area contributed by atoms with Gasteiger partial charge in [-0.25, -0.2) is 8.78 Å². The number of carbonyl (C=O) groups is 1. The van der Waals surface area contributed by atoms with Crippen molar-refractivity contribution in [3.05, 3.63) is 89.3 Å². The molecule has 0 saturated carbocycles. The molecule has 1 aromatic heterocycles. The number of carbonyl (C=O) groups excluding carboxylic acids is 1. The third-order valence-electron chi connectivity index (χ3n) is 4.52. The van der Waals surface area contributed by atoms with Gasteiger partial charge in [0.1, 0.15) is 11.6 Å². The Bertz CT molecular complexity index is 1060. The van der Waals surface area contributed by atoms with Crippen LogP contribution in [0.4, 0.5) is 8.78 Å². The fourth-order valence-electron chi connectivity index (χ4n) is 3.10. The minimum absolute atomic E-state index is 0. The molecule has 33 heavy (non-hydrogen) atoms. The Labute approximate surface area is 210 Å². The Morgan fingerprint density at radius 1 is 1.03 bits per heavy atom. The van der Waals surface area contributed by atoms with Crippen molar-refractivity contribution in [1.29, 1.82) is 0 Å². The molecule has 0 spiro atoms. The predicted molar refractivity (Wildman–Crippen MR) is 108 cm³/mol. The van der Waals surface area contributed by atoms with E-state index in [-0.39, 0.29) is 41.8 Å². The van der Waals surface area contributed by atoms with Gasteiger partial charge in [0.25, 0.3) is 0 Å². The van der Waals surface area contributed by atoms with E-state index in [0.717, 1.165) is 0 Å². The second-order valence-corrected chi connectivity index (χ2v) is 6.93. The van der Waals surface area contributed by atoms with Crippen LogP contribution in [0, 0.1) is 11.6 Å². The first-order chi connectivity index (χ1) is 15.3. The summed E-state index contributed by atoms with van der Waals surface area (Å²) in [5.74, 6) is -2.18. The van der Waals surface area contributed by atoms with Gasteiger partial charge in [-0.05, 0) is 40.6 Å². The number of aromatic amines is 1. The van der Waals surface area contributed by atoms with Crippen molar-refractivity contribution in [2.75, 3.05) is 0 Å². The second-order valence-electron chi connectivity index (χ2n) is 6.93. The van der Waals surface area contributed by atoms with Crippen LogP contribution in [0.5, 0.6) is 0 Å². The summed E-state index contributed by atoms with van der Waals surface area (Å²) in [6.07, 6.45) is -0.554. The van der Waals surface area contributed by atoms with E-state index in [9.17, 15) is 28.9 Å². The second kappa shape index (κ2) is 12.5. The van der Waals surface area contributed by atoms with Crippen LogP contribution in [0.25, 0.3) is 11.1 Å². The molecule has 0 unspecified atom stereocenters. The van der Waals surface area contributed by atoms with Crippen molar-refractivity contribution >= 4 is 17.1 Å². The van der Waals surface area contributed by atoms with Crippen LogP contribution >= 0.6 is 0 Å². The summed E-state index contributed by atoms with van der Waals surface area (Å²) in [7, 11) is 0. The zero-order valence-electron chi connectivity index (χ0n) is 17.7. The smallest absolute Gasteiger partial charge is 0.550 e. The minimum Gasteiger partial charge on any atom is -0.550 e. The number of nitrogens with zero attached hydrogens (tertiary/aromatic N) is 3. The number of aliphatic hydroxyl groups excluding tert-OH is 2. The van der Waals surface area contributed by atoms with Gasteiger partial charge >= 0.3 is 29.6 Å². The van der Waals surface area contributed by atoms with Gasteiger partial charge in [0.05, 0.1) is 12.2 Å². The first kappa shape index (κ1) is 26.5. The van der Waals surface area contributed by atoms with Gasteiger partial charge in [0.15, 0.2) is 0 Å². The van der Waals surface area contributed by atoms with E-state index in [1.807, 2.05) is 0 Å². The molecule has 8 nitrogen and oxygen atoms in total. The fraction of sp³-hybridized carbons (Fsp3) is 0.182. The summed E-state index contributed by atoms with van der Waals surface area (Å²) in [6, 6.07) is 11.2. The van der Waals surface area contributed by atoms with Crippen molar-refractivity contribution in [3.63, 3.8) is 0 Å². The SMILES string of the molecule is O=C([O-])C[C@H](O)C[C@H](O)/C=C/C(=C(c1ccc(F)cc1)c1ccc(F)cc1)c1nn[nH]n1.[Na+]. The first-order valence-corrected chi connectivity index (χ1v) is 9.57. The van der Waals surface area contributed by atoms with E-state index in [4.69, 9.17) is 0 Å². The van der Waals surface area contributed by atoms with Crippen LogP contribution < -0.4 is 34.7 Å². The van der Waals surface area contributed by atoms with E-state index >= 15 is 0 Å². The topological polar surface area (TPSA) is 135 Å². The monoisotopic (exact) mass is 464 g/mol. The Morgan fingerprint density at radius 2 is 1.58 bits per heavy atom. The van der Waals surface area contributed by atoms with Crippen molar-refractivity contribution in [1.82, 2.24) is 20.6 Å². The normalized spacial score (nSPS) is 12.7. The van der Waals surface area contributed by atoms with Gasteiger partial charge in [-0.2, -0.15) is 5.21 Å². The first-order valence-electron chi connectivity index (χ1n) is 9.57. The molecule has 166 valence electrons. The van der Waals surface area contributed by atoms with Crippen molar-refractivity contribution in [2.45, 2.75) is 25.0 Å². The number of tetrazole rings is 1. The third-order valence-corrected chi connectivity index (χ3v) is 4.52. The van der Waals surface area contributed by atoms with E-state index in [0.29, 0.717) is 22.3 Å². The maximum absolute atomic E-state index is 13.5. The zero-order valence-corrected chi connectivity index (χ0v) is 19.7. The number of carboxylic acid groups (broad SMARTS) is 1. The molecule has 0 saturated heterocycles. The molecule has 1 heterocycles. The molecule has 0 radical (unpaired) electrons. The summed E-state index contributed by atoms with van der Waals surface area (Å²) in [5, 5.41) is 44.4. The number of aliphatic carboxylic acids is 1. The van der Waals surface area contributed by atoms with E-state index in [1.54, 1.807) is 0 Å². The Morgan fingerprint density at radius 3 is 2.03 bits per heavy atom. The summed E-state index contributed by atoms with van der Waals surface area (Å²) in [5.41, 5.74) is 2.00. The van der Waals surface area contributed by atoms with Gasteiger partial charge in [0.2, 0.25) is 5.82 Å². The molecule has 3 aromatic rings. The van der Waals surface area contributed by atoms with E-state index < -0.39 is 36.2 Å². The van der Waals surface area contributed by atoms with Crippen LogP contribution in [0.2, 0.25) is 0 Å². The summed E-state index contributed by atoms with van der Waals surface area (Å²) in [4.78, 5) is 10.6. The Hall–Kier alpha value is -2.76. The molecule has 3 rings (SSSR count). The fourth-order valence-corrected chi connectivity index (χ4v) is 3.10. The average Bonchev–Trinajstić information content (AvgIpc) is 3.27. The molecule has 2 atom stereocenters. The standard InChI is InChI=1S/C22H20F2N4O4.Na/c23-15-5-1-13(2-6-15)21(14-3-7-16(24)8-4-14)19(22-25-27-28-26-22)10-9-17(29)11-18(30)12-20(31)32;/h1-10,17-18,29-30H,11-12H2,(H,31,32)(H,25,26,27,28);/q;+1/p-1/b10-9+;/t17-,18-;/m1./s1. The number of aliphatic hydroxyl groups is 2. The quantitative estimate of drug-likeness (QED) is 0.253. The average molecular weight is 464 g/mol. The van der Waals surface area contributed by atoms with Crippen molar-refractivity contribution < 1.29 is 58.5 Å². The third kappa shape index (κ3) is 7.65. The number of nitrogens with one attached hydrogen (secondary N) is 1. The Balaban J connectivity index is 0.00000385. The minimum atomic E-state index is -1.43. The number of benzene rings is 2. The van der Waals surface area contributed by atoms with Gasteiger partial charge < -0.3 is 20.1 Å². The number of allylic oxidation sites excluding steroid dienone is 2. The molecule has 0 amide bonds. The molecular weight excluding hydrogens is 445 g/mol. The number of hydrogen-bond donors (Lipinski definition) is 3. The van der Waals surface area contributed by atoms with Crippen LogP contribution in [0.15, 0.2) is 60.7 Å². The number of H-pyrrole nitrogens is 1. The molecule has 3 N–H and O–H groups in total. The van der Waals surface area contributed by atoms with Gasteiger partial charge in [0, 0.05) is 30.0 Å². The molecule has 2 aromatic carbocycles. The molecule has 0 bridgehead atoms. The van der Waals surface area contributed by atoms with Gasteiger partial charge in [-0.3, -0.25) is 0 Å². The zero-order chi connectivity index (χ0) is 23.1. The number of halogens is 2. The molecule has 11 heteroatoms. The molecule has 0 aliphatic rings. The predicted octanol–water partition coefficient (Wildman–Crippen LogP) is -1.75. The van der Waals surface area contributed by atoms with Crippen LogP contribution in [0.1, 0.15) is 29.8 Å². The van der Waals surface area contributed by atoms with E-state index in [1.165, 1.54) is 60.7 Å². The molecular formula is C22H19F2N4NaO4. The maximum Gasteiger partial charge on any atom is 1.00 e. The number of hydrogen-bond acceptors (Lipinski definition) is 7. The number of rotatable bonds is 9.